The predicted molar refractivity (Wildman–Crippen MR) is 27.1 cm³/mol. The van der Waals surface area contributed by atoms with Gasteiger partial charge in [0, 0.05) is 0 Å². The zero-order valence-electron chi connectivity index (χ0n) is 3.41. The van der Waals surface area contributed by atoms with E-state index in [-0.39, 0.29) is 29.7 Å². The molecule has 0 fully saturated rings. The Morgan fingerprint density at radius 3 is 0.800 bits per heavy atom. The minimum Gasteiger partial charge on any atom is -0.344 e. The fraction of sp³-hybridized carbons (Fsp3) is 0. The van der Waals surface area contributed by atoms with Crippen molar-refractivity contribution >= 4 is 17.4 Å². The summed E-state index contributed by atoms with van der Waals surface area (Å²) < 4.78 is 0. The van der Waals surface area contributed by atoms with Gasteiger partial charge in [0.1, 0.15) is 0 Å². The zero-order valence-corrected chi connectivity index (χ0v) is 4.56. The van der Waals surface area contributed by atoms with E-state index < -0.39 is 0 Å². The smallest absolute Gasteiger partial charge is 0.344 e. The molecule has 0 spiro atoms. The van der Waals surface area contributed by atoms with Gasteiger partial charge in [-0.3, -0.25) is 0 Å². The average Bonchev–Trinajstić information content (AvgIpc) is 1.00. The fourth-order valence-corrected chi connectivity index (χ4v) is 0. The maximum Gasteiger partial charge on any atom is 3.00 e. The second-order valence-corrected chi connectivity index (χ2v) is 0. The van der Waals surface area contributed by atoms with Crippen LogP contribution in [-0.4, -0.2) is 17.4 Å². The molecule has 2 nitrogen and oxygen atoms in total. The van der Waals surface area contributed by atoms with Crippen LogP contribution in [0.1, 0.15) is 0 Å². The van der Waals surface area contributed by atoms with E-state index in [0.717, 1.165) is 0 Å². The van der Waals surface area contributed by atoms with E-state index in [2.05, 4.69) is 13.2 Å². The summed E-state index contributed by atoms with van der Waals surface area (Å²) in [5.74, 6) is 0. The quantitative estimate of drug-likeness (QED) is 0.339. The molecule has 0 heterocycles. The maximum atomic E-state index is 3.00. The van der Waals surface area contributed by atoms with Crippen molar-refractivity contribution < 1.29 is 0 Å². The number of hydrogen-bond acceptors (Lipinski definition) is 2. The van der Waals surface area contributed by atoms with Crippen molar-refractivity contribution in [2.75, 3.05) is 0 Å². The summed E-state index contributed by atoms with van der Waals surface area (Å²) in [6.07, 6.45) is 0. The van der Waals surface area contributed by atoms with Crippen molar-refractivity contribution in [3.8, 4) is 0 Å². The third-order valence-electron chi connectivity index (χ3n) is 0. The summed E-state index contributed by atoms with van der Waals surface area (Å²) in [6.45, 7) is 6.00. The number of rotatable bonds is 0. The summed E-state index contributed by atoms with van der Waals surface area (Å²) in [4.78, 5) is 0. The van der Waals surface area contributed by atoms with Crippen molar-refractivity contribution in [2.45, 2.75) is 0 Å². The molecule has 28 valence electrons. The fourth-order valence-electron chi connectivity index (χ4n) is 0. The van der Waals surface area contributed by atoms with Gasteiger partial charge in [-0.05, 0) is 0 Å². The molecule has 0 aromatic carbocycles. The van der Waals surface area contributed by atoms with Crippen LogP contribution in [0.5, 0.6) is 0 Å². The predicted octanol–water partition coefficient (Wildman–Crippen LogP) is 0.745. The van der Waals surface area contributed by atoms with Crippen LogP contribution in [0.2, 0.25) is 0 Å². The summed E-state index contributed by atoms with van der Waals surface area (Å²) in [6, 6.07) is 0. The maximum absolute atomic E-state index is 3.00. The van der Waals surface area contributed by atoms with Crippen molar-refractivity contribution in [3.05, 3.63) is 13.2 Å². The van der Waals surface area contributed by atoms with E-state index in [1.807, 2.05) is 0 Å². The van der Waals surface area contributed by atoms with E-state index in [0.29, 0.717) is 0 Å². The van der Waals surface area contributed by atoms with Crippen molar-refractivity contribution in [1.82, 2.24) is 12.3 Å². The molecule has 0 bridgehead atoms. The van der Waals surface area contributed by atoms with Gasteiger partial charge in [-0.15, -0.1) is 13.2 Å². The molecule has 0 aliphatic heterocycles. The molecule has 5 heavy (non-hydrogen) atoms. The first-order valence-corrected chi connectivity index (χ1v) is 0.500. The van der Waals surface area contributed by atoms with Crippen molar-refractivity contribution in [2.24, 2.45) is 0 Å². The molecule has 0 saturated heterocycles. The molecule has 0 aromatic heterocycles. The van der Waals surface area contributed by atoms with Gasteiger partial charge in [0.05, 0.1) is 0 Å². The molecule has 0 unspecified atom stereocenters. The van der Waals surface area contributed by atoms with Crippen LogP contribution in [0.25, 0.3) is 0 Å². The Morgan fingerprint density at radius 1 is 0.800 bits per heavy atom. The normalized spacial score (nSPS) is 0.800. The van der Waals surface area contributed by atoms with Crippen LogP contribution in [0.15, 0.2) is 13.2 Å². The SMILES string of the molecule is C=C.N.N.[Al+3]. The Hall–Kier alpha value is 0.192. The third kappa shape index (κ3) is 544. The molecule has 0 atom stereocenters. The molecule has 0 radical (unpaired) electrons. The molecule has 0 aromatic rings. The zero-order chi connectivity index (χ0) is 2.00. The minimum absolute atomic E-state index is 0. The van der Waals surface area contributed by atoms with E-state index in [9.17, 15) is 0 Å². The standard InChI is InChI=1S/C2H4.Al.2H3N/c1-2;;;/h1-2H2;;2*1H3/q;+3;;. The van der Waals surface area contributed by atoms with Crippen LogP contribution >= 0.6 is 0 Å². The molecule has 0 aliphatic rings. The molecular formula is C2H10AlN2+3. The van der Waals surface area contributed by atoms with Crippen LogP contribution < -0.4 is 12.3 Å². The number of hydrogen-bond donors (Lipinski definition) is 2. The Labute approximate surface area is 43.6 Å². The van der Waals surface area contributed by atoms with Gasteiger partial charge < -0.3 is 12.3 Å². The average molecular weight is 89.1 g/mol. The van der Waals surface area contributed by atoms with E-state index in [1.165, 1.54) is 0 Å². The molecule has 3 heteroatoms. The third-order valence-corrected chi connectivity index (χ3v) is 0. The van der Waals surface area contributed by atoms with Gasteiger partial charge in [0.15, 0.2) is 0 Å². The van der Waals surface area contributed by atoms with Gasteiger partial charge in [-0.2, -0.15) is 0 Å². The van der Waals surface area contributed by atoms with Gasteiger partial charge >= 0.3 is 17.4 Å². The molecule has 0 amide bonds. The second kappa shape index (κ2) is 1150. The minimum atomic E-state index is 0. The molecule has 0 rings (SSSR count). The van der Waals surface area contributed by atoms with E-state index in [4.69, 9.17) is 0 Å². The van der Waals surface area contributed by atoms with Crippen molar-refractivity contribution in [3.63, 3.8) is 0 Å². The Kier molecular flexibility index (Phi) is 14800. The Balaban J connectivity index is -0.00000000167. The Morgan fingerprint density at radius 2 is 0.800 bits per heavy atom. The second-order valence-electron chi connectivity index (χ2n) is 0. The summed E-state index contributed by atoms with van der Waals surface area (Å²) in [5.41, 5.74) is 0. The summed E-state index contributed by atoms with van der Waals surface area (Å²) in [7, 11) is 0. The van der Waals surface area contributed by atoms with Crippen LogP contribution in [0.4, 0.5) is 0 Å². The largest absolute Gasteiger partial charge is 3.00 e. The van der Waals surface area contributed by atoms with Gasteiger partial charge in [0.2, 0.25) is 0 Å². The van der Waals surface area contributed by atoms with Gasteiger partial charge in [0.25, 0.3) is 0 Å². The molecule has 6 N–H and O–H groups in total. The molecular weight excluding hydrogens is 79.0 g/mol. The molecule has 0 saturated carbocycles. The summed E-state index contributed by atoms with van der Waals surface area (Å²) >= 11 is 0. The summed E-state index contributed by atoms with van der Waals surface area (Å²) in [5, 5.41) is 0. The van der Waals surface area contributed by atoms with Gasteiger partial charge in [-0.25, -0.2) is 0 Å². The topological polar surface area (TPSA) is 70.0 Å². The van der Waals surface area contributed by atoms with Crippen LogP contribution in [0.3, 0.4) is 0 Å². The van der Waals surface area contributed by atoms with Gasteiger partial charge in [-0.1, -0.05) is 0 Å². The Bertz CT molecular complexity index is 7.61. The molecule has 0 aliphatic carbocycles. The first-order chi connectivity index (χ1) is 1.00. The van der Waals surface area contributed by atoms with Crippen LogP contribution in [0, 0.1) is 0 Å². The first kappa shape index (κ1) is 64.2. The van der Waals surface area contributed by atoms with Crippen LogP contribution in [-0.2, 0) is 0 Å². The van der Waals surface area contributed by atoms with E-state index in [1.54, 1.807) is 0 Å². The monoisotopic (exact) mass is 89.1 g/mol. The van der Waals surface area contributed by atoms with Crippen molar-refractivity contribution in [1.29, 1.82) is 0 Å². The van der Waals surface area contributed by atoms with E-state index >= 15 is 0 Å². The first-order valence-electron chi connectivity index (χ1n) is 0.500.